The maximum absolute atomic E-state index is 13.2. The highest BCUT2D eigenvalue weighted by atomic mass is 32.2. The second-order valence-electron chi connectivity index (χ2n) is 6.78. The van der Waals surface area contributed by atoms with Gasteiger partial charge in [0.25, 0.3) is 0 Å². The summed E-state index contributed by atoms with van der Waals surface area (Å²) in [5.41, 5.74) is 7.50. The fraction of sp³-hybridized carbons (Fsp3) is 0.400. The number of sulfone groups is 1. The summed E-state index contributed by atoms with van der Waals surface area (Å²) in [6.45, 7) is 4.50. The molecule has 3 atom stereocenters. The number of ether oxygens (including phenoxy) is 2. The lowest BCUT2D eigenvalue weighted by Gasteiger charge is -2.12. The Labute approximate surface area is 155 Å². The van der Waals surface area contributed by atoms with Crippen LogP contribution >= 0.6 is 0 Å². The first kappa shape index (κ1) is 18.9. The number of benzene rings is 2. The summed E-state index contributed by atoms with van der Waals surface area (Å²) in [7, 11) is -1.97. The van der Waals surface area contributed by atoms with E-state index in [0.29, 0.717) is 11.5 Å². The topological polar surface area (TPSA) is 78.6 Å². The summed E-state index contributed by atoms with van der Waals surface area (Å²) in [5.74, 6) is 0.408. The SMILES string of the molecule is CCOC[C@]1(N)[C@H](c2ccc(OC)cc2)[C@H]1S(=O)(=O)c1ccc(C)cc1. The Morgan fingerprint density at radius 1 is 1.08 bits per heavy atom. The van der Waals surface area contributed by atoms with Crippen molar-refractivity contribution in [3.05, 3.63) is 59.7 Å². The fourth-order valence-corrected chi connectivity index (χ4v) is 5.80. The molecule has 3 rings (SSSR count). The average molecular weight is 375 g/mol. The van der Waals surface area contributed by atoms with Crippen molar-refractivity contribution in [1.29, 1.82) is 0 Å². The van der Waals surface area contributed by atoms with E-state index in [9.17, 15) is 8.42 Å². The highest BCUT2D eigenvalue weighted by molar-refractivity contribution is 7.92. The molecule has 0 amide bonds. The average Bonchev–Trinajstić information content (AvgIpc) is 3.27. The molecule has 1 fully saturated rings. The molecule has 1 saturated carbocycles. The van der Waals surface area contributed by atoms with E-state index in [1.807, 2.05) is 38.1 Å². The minimum absolute atomic E-state index is 0.204. The first-order chi connectivity index (χ1) is 12.3. The zero-order valence-electron chi connectivity index (χ0n) is 15.3. The van der Waals surface area contributed by atoms with Gasteiger partial charge in [0.05, 0.1) is 29.4 Å². The maximum Gasteiger partial charge on any atom is 0.183 e. The summed E-state index contributed by atoms with van der Waals surface area (Å²) in [6, 6.07) is 14.3. The number of nitrogens with two attached hydrogens (primary N) is 1. The molecule has 0 aliphatic heterocycles. The molecule has 0 spiro atoms. The molecule has 2 aromatic carbocycles. The van der Waals surface area contributed by atoms with E-state index in [-0.39, 0.29) is 12.5 Å². The van der Waals surface area contributed by atoms with Crippen LogP contribution in [0.4, 0.5) is 0 Å². The van der Waals surface area contributed by atoms with Gasteiger partial charge < -0.3 is 15.2 Å². The Morgan fingerprint density at radius 3 is 2.23 bits per heavy atom. The molecule has 0 aromatic heterocycles. The zero-order valence-corrected chi connectivity index (χ0v) is 16.1. The molecule has 140 valence electrons. The molecule has 1 aliphatic carbocycles. The normalized spacial score (nSPS) is 25.1. The third-order valence-corrected chi connectivity index (χ3v) is 7.33. The van der Waals surface area contributed by atoms with Crippen molar-refractivity contribution in [2.75, 3.05) is 20.3 Å². The zero-order chi connectivity index (χ0) is 18.9. The lowest BCUT2D eigenvalue weighted by Crippen LogP contribution is -2.36. The summed E-state index contributed by atoms with van der Waals surface area (Å²) in [6.07, 6.45) is 0. The molecular formula is C20H25NO4S. The standard InChI is InChI=1S/C20H25NO4S/c1-4-25-13-20(21)18(15-7-9-16(24-3)10-8-15)19(20)26(22,23)17-11-5-14(2)6-12-17/h5-12,18-19H,4,13,21H2,1-3H3/t18-,19-,20+/m1/s1. The summed E-state index contributed by atoms with van der Waals surface area (Å²) in [4.78, 5) is 0.301. The van der Waals surface area contributed by atoms with Gasteiger partial charge in [0, 0.05) is 12.5 Å². The minimum atomic E-state index is -3.57. The Morgan fingerprint density at radius 2 is 1.69 bits per heavy atom. The van der Waals surface area contributed by atoms with Crippen LogP contribution < -0.4 is 10.5 Å². The summed E-state index contributed by atoms with van der Waals surface area (Å²) in [5, 5.41) is -0.711. The van der Waals surface area contributed by atoms with Gasteiger partial charge in [-0.2, -0.15) is 0 Å². The second kappa shape index (κ2) is 7.02. The molecular weight excluding hydrogens is 350 g/mol. The first-order valence-corrected chi connectivity index (χ1v) is 10.2. The molecule has 0 bridgehead atoms. The molecule has 0 heterocycles. The molecule has 2 aromatic rings. The second-order valence-corrected chi connectivity index (χ2v) is 8.85. The maximum atomic E-state index is 13.2. The van der Waals surface area contributed by atoms with Crippen molar-refractivity contribution in [2.45, 2.75) is 35.4 Å². The van der Waals surface area contributed by atoms with E-state index in [4.69, 9.17) is 15.2 Å². The Balaban J connectivity index is 1.97. The molecule has 0 radical (unpaired) electrons. The van der Waals surface area contributed by atoms with Crippen molar-refractivity contribution in [3.8, 4) is 5.75 Å². The van der Waals surface area contributed by atoms with Gasteiger partial charge in [-0.15, -0.1) is 0 Å². The molecule has 1 aliphatic rings. The highest BCUT2D eigenvalue weighted by Crippen LogP contribution is 2.55. The lowest BCUT2D eigenvalue weighted by molar-refractivity contribution is 0.125. The first-order valence-electron chi connectivity index (χ1n) is 8.65. The molecule has 0 unspecified atom stereocenters. The van der Waals surface area contributed by atoms with Crippen LogP contribution in [-0.4, -0.2) is 39.5 Å². The van der Waals surface area contributed by atoms with Gasteiger partial charge in [-0.25, -0.2) is 8.42 Å². The van der Waals surface area contributed by atoms with E-state index < -0.39 is 20.6 Å². The molecule has 5 nitrogen and oxygen atoms in total. The largest absolute Gasteiger partial charge is 0.497 e. The van der Waals surface area contributed by atoms with Crippen molar-refractivity contribution in [2.24, 2.45) is 5.73 Å². The Hall–Kier alpha value is -1.89. The summed E-state index contributed by atoms with van der Waals surface area (Å²) >= 11 is 0. The van der Waals surface area contributed by atoms with Gasteiger partial charge in [0.2, 0.25) is 0 Å². The third kappa shape index (κ3) is 3.24. The van der Waals surface area contributed by atoms with Crippen molar-refractivity contribution in [3.63, 3.8) is 0 Å². The van der Waals surface area contributed by atoms with Gasteiger partial charge >= 0.3 is 0 Å². The van der Waals surface area contributed by atoms with Crippen LogP contribution in [0.1, 0.15) is 24.0 Å². The predicted molar refractivity (Wildman–Crippen MR) is 101 cm³/mol. The number of methoxy groups -OCH3 is 1. The van der Waals surface area contributed by atoms with Crippen LogP contribution in [0, 0.1) is 6.92 Å². The predicted octanol–water partition coefficient (Wildman–Crippen LogP) is 2.68. The van der Waals surface area contributed by atoms with Crippen LogP contribution in [0.5, 0.6) is 5.75 Å². The van der Waals surface area contributed by atoms with Crippen molar-refractivity contribution < 1.29 is 17.9 Å². The number of rotatable bonds is 7. The van der Waals surface area contributed by atoms with Crippen LogP contribution in [0.15, 0.2) is 53.4 Å². The van der Waals surface area contributed by atoms with E-state index in [1.165, 1.54) is 0 Å². The Kier molecular flexibility index (Phi) is 5.10. The van der Waals surface area contributed by atoms with E-state index in [1.54, 1.807) is 31.4 Å². The quantitative estimate of drug-likeness (QED) is 0.805. The molecule has 6 heteroatoms. The van der Waals surface area contributed by atoms with Crippen LogP contribution in [0.3, 0.4) is 0 Å². The minimum Gasteiger partial charge on any atom is -0.497 e. The van der Waals surface area contributed by atoms with Gasteiger partial charge in [0.15, 0.2) is 9.84 Å². The van der Waals surface area contributed by atoms with Gasteiger partial charge in [-0.3, -0.25) is 0 Å². The van der Waals surface area contributed by atoms with E-state index >= 15 is 0 Å². The van der Waals surface area contributed by atoms with Crippen molar-refractivity contribution >= 4 is 9.84 Å². The lowest BCUT2D eigenvalue weighted by atomic mass is 10.1. The van der Waals surface area contributed by atoms with Gasteiger partial charge in [-0.1, -0.05) is 29.8 Å². The Bertz CT molecular complexity index is 862. The van der Waals surface area contributed by atoms with E-state index in [0.717, 1.165) is 16.9 Å². The monoisotopic (exact) mass is 375 g/mol. The van der Waals surface area contributed by atoms with Crippen LogP contribution in [-0.2, 0) is 14.6 Å². The summed E-state index contributed by atoms with van der Waals surface area (Å²) < 4.78 is 37.2. The van der Waals surface area contributed by atoms with Gasteiger partial charge in [-0.05, 0) is 43.7 Å². The number of aryl methyl sites for hydroxylation is 1. The molecule has 0 saturated heterocycles. The highest BCUT2D eigenvalue weighted by Gasteiger charge is 2.69. The fourth-order valence-electron chi connectivity index (χ4n) is 3.51. The molecule has 26 heavy (non-hydrogen) atoms. The van der Waals surface area contributed by atoms with Crippen LogP contribution in [0.2, 0.25) is 0 Å². The smallest absolute Gasteiger partial charge is 0.183 e. The third-order valence-electron chi connectivity index (χ3n) is 5.02. The van der Waals surface area contributed by atoms with Crippen LogP contribution in [0.25, 0.3) is 0 Å². The molecule has 2 N–H and O–H groups in total. The number of hydrogen-bond acceptors (Lipinski definition) is 5. The number of hydrogen-bond donors (Lipinski definition) is 1. The van der Waals surface area contributed by atoms with E-state index in [2.05, 4.69) is 0 Å². The van der Waals surface area contributed by atoms with Crippen molar-refractivity contribution in [1.82, 2.24) is 0 Å². The van der Waals surface area contributed by atoms with Gasteiger partial charge in [0.1, 0.15) is 5.75 Å².